The minimum atomic E-state index is 0.905. The molecule has 0 aliphatic carbocycles. The number of fused-ring (bicyclic) bond motifs is 4. The van der Waals surface area contributed by atoms with Gasteiger partial charge >= 0.3 is 0 Å². The third-order valence-electron chi connectivity index (χ3n) is 9.25. The van der Waals surface area contributed by atoms with Crippen molar-refractivity contribution in [3.8, 4) is 33.4 Å². The molecule has 0 radical (unpaired) electrons. The van der Waals surface area contributed by atoms with Gasteiger partial charge in [-0.2, -0.15) is 0 Å². The fourth-order valence-corrected chi connectivity index (χ4v) is 6.90. The van der Waals surface area contributed by atoms with Gasteiger partial charge in [-0.15, -0.1) is 0 Å². The Morgan fingerprint density at radius 2 is 0.875 bits per heavy atom. The molecule has 8 aromatic carbocycles. The van der Waals surface area contributed by atoms with Crippen LogP contribution in [0.3, 0.4) is 0 Å². The first-order chi connectivity index (χ1) is 23.8. The van der Waals surface area contributed by atoms with Crippen LogP contribution < -0.4 is 4.90 Å². The summed E-state index contributed by atoms with van der Waals surface area (Å²) in [5.41, 5.74) is 12.2. The highest BCUT2D eigenvalue weighted by atomic mass is 16.3. The lowest BCUT2D eigenvalue weighted by Crippen LogP contribution is -2.10. The van der Waals surface area contributed by atoms with Crippen LogP contribution in [-0.4, -0.2) is 0 Å². The summed E-state index contributed by atoms with van der Waals surface area (Å²) in [4.78, 5) is 2.35. The van der Waals surface area contributed by atoms with Gasteiger partial charge in [0.25, 0.3) is 0 Å². The van der Waals surface area contributed by atoms with E-state index in [2.05, 4.69) is 181 Å². The maximum atomic E-state index is 6.21. The summed E-state index contributed by atoms with van der Waals surface area (Å²) in [6.07, 6.45) is 0. The van der Waals surface area contributed by atoms with Crippen molar-refractivity contribution in [3.63, 3.8) is 0 Å². The van der Waals surface area contributed by atoms with Crippen molar-refractivity contribution in [2.45, 2.75) is 0 Å². The molecule has 0 saturated carbocycles. The lowest BCUT2D eigenvalue weighted by Gasteiger charge is -2.27. The number of furan rings is 1. The molecule has 9 aromatic rings. The van der Waals surface area contributed by atoms with E-state index in [0.717, 1.165) is 50.1 Å². The highest BCUT2D eigenvalue weighted by Crippen LogP contribution is 2.40. The van der Waals surface area contributed by atoms with Crippen LogP contribution in [0, 0.1) is 0 Å². The van der Waals surface area contributed by atoms with E-state index in [9.17, 15) is 0 Å². The van der Waals surface area contributed by atoms with E-state index in [1.165, 1.54) is 33.0 Å². The second-order valence-corrected chi connectivity index (χ2v) is 12.2. The van der Waals surface area contributed by atoms with E-state index < -0.39 is 0 Å². The number of hydrogen-bond donors (Lipinski definition) is 0. The third-order valence-corrected chi connectivity index (χ3v) is 9.25. The Kier molecular flexibility index (Phi) is 6.84. The molecule has 0 atom stereocenters. The van der Waals surface area contributed by atoms with E-state index in [0.29, 0.717) is 0 Å². The number of para-hydroxylation sites is 1. The molecular formula is C46H31NO. The van der Waals surface area contributed by atoms with Crippen molar-refractivity contribution >= 4 is 49.8 Å². The minimum absolute atomic E-state index is 0.905. The molecule has 0 spiro atoms. The van der Waals surface area contributed by atoms with Crippen LogP contribution in [0.5, 0.6) is 0 Å². The lowest BCUT2D eigenvalue weighted by atomic mass is 9.97. The van der Waals surface area contributed by atoms with Gasteiger partial charge in [-0.05, 0) is 98.8 Å². The predicted molar refractivity (Wildman–Crippen MR) is 202 cm³/mol. The molecule has 0 aliphatic rings. The standard InChI is InChI=1S/C46H31NO/c1-2-11-32(12-3-1)35-15-8-17-39(29-35)47(40-18-9-16-37(30-40)42-21-10-14-34-13-4-5-19-41(34)42)38-26-23-33(24-27-38)36-25-28-44-43-20-6-7-22-45(43)48-46(44)31-36/h1-31H. The summed E-state index contributed by atoms with van der Waals surface area (Å²) >= 11 is 0. The molecule has 0 bridgehead atoms. The number of hydrogen-bond acceptors (Lipinski definition) is 2. The maximum Gasteiger partial charge on any atom is 0.136 e. The summed E-state index contributed by atoms with van der Waals surface area (Å²) < 4.78 is 6.21. The second kappa shape index (κ2) is 11.8. The lowest BCUT2D eigenvalue weighted by molar-refractivity contribution is 0.669. The minimum Gasteiger partial charge on any atom is -0.456 e. The van der Waals surface area contributed by atoms with Gasteiger partial charge in [-0.1, -0.05) is 133 Å². The summed E-state index contributed by atoms with van der Waals surface area (Å²) in [7, 11) is 0. The predicted octanol–water partition coefficient (Wildman–Crippen LogP) is 13.2. The van der Waals surface area contributed by atoms with Crippen molar-refractivity contribution in [2.24, 2.45) is 0 Å². The van der Waals surface area contributed by atoms with E-state index in [4.69, 9.17) is 4.42 Å². The Hall–Kier alpha value is -6.38. The first-order valence-electron chi connectivity index (χ1n) is 16.3. The first-order valence-corrected chi connectivity index (χ1v) is 16.3. The SMILES string of the molecule is c1ccc(-c2cccc(N(c3ccc(-c4ccc5c(c4)oc4ccccc45)cc3)c3cccc(-c4cccc5ccccc45)c3)c2)cc1. The van der Waals surface area contributed by atoms with Gasteiger partial charge in [0.05, 0.1) is 0 Å². The van der Waals surface area contributed by atoms with Gasteiger partial charge < -0.3 is 9.32 Å². The summed E-state index contributed by atoms with van der Waals surface area (Å²) in [5.74, 6) is 0. The van der Waals surface area contributed by atoms with Gasteiger partial charge in [0, 0.05) is 27.8 Å². The largest absolute Gasteiger partial charge is 0.456 e. The number of nitrogens with zero attached hydrogens (tertiary/aromatic N) is 1. The highest BCUT2D eigenvalue weighted by Gasteiger charge is 2.16. The van der Waals surface area contributed by atoms with Gasteiger partial charge in [-0.3, -0.25) is 0 Å². The second-order valence-electron chi connectivity index (χ2n) is 12.2. The monoisotopic (exact) mass is 613 g/mol. The van der Waals surface area contributed by atoms with E-state index in [1.54, 1.807) is 0 Å². The zero-order valence-corrected chi connectivity index (χ0v) is 26.3. The van der Waals surface area contributed by atoms with Crippen LogP contribution in [0.15, 0.2) is 192 Å². The Balaban J connectivity index is 1.15. The van der Waals surface area contributed by atoms with Crippen molar-refractivity contribution in [2.75, 3.05) is 4.90 Å². The molecule has 0 aliphatic heterocycles. The molecule has 2 nitrogen and oxygen atoms in total. The molecule has 0 unspecified atom stereocenters. The van der Waals surface area contributed by atoms with E-state index in [1.807, 2.05) is 12.1 Å². The smallest absolute Gasteiger partial charge is 0.136 e. The van der Waals surface area contributed by atoms with Crippen LogP contribution in [0.25, 0.3) is 66.1 Å². The van der Waals surface area contributed by atoms with Crippen LogP contribution in [0.4, 0.5) is 17.1 Å². The number of rotatable bonds is 6. The molecule has 2 heteroatoms. The zero-order valence-electron chi connectivity index (χ0n) is 26.3. The van der Waals surface area contributed by atoms with Gasteiger partial charge in [0.1, 0.15) is 11.2 Å². The summed E-state index contributed by atoms with van der Waals surface area (Å²) in [6, 6.07) is 67.0. The normalized spacial score (nSPS) is 11.3. The molecular weight excluding hydrogens is 583 g/mol. The molecule has 0 saturated heterocycles. The average Bonchev–Trinajstić information content (AvgIpc) is 3.54. The number of benzene rings is 8. The van der Waals surface area contributed by atoms with Gasteiger partial charge in [0.2, 0.25) is 0 Å². The zero-order chi connectivity index (χ0) is 31.9. The van der Waals surface area contributed by atoms with Crippen LogP contribution in [0.1, 0.15) is 0 Å². The Labute approximate surface area is 279 Å². The fourth-order valence-electron chi connectivity index (χ4n) is 6.90. The molecule has 1 aromatic heterocycles. The molecule has 1 heterocycles. The van der Waals surface area contributed by atoms with Crippen molar-refractivity contribution in [1.29, 1.82) is 0 Å². The van der Waals surface area contributed by atoms with Gasteiger partial charge in [-0.25, -0.2) is 0 Å². The van der Waals surface area contributed by atoms with Gasteiger partial charge in [0.15, 0.2) is 0 Å². The third kappa shape index (κ3) is 5.01. The Morgan fingerprint density at radius 1 is 0.312 bits per heavy atom. The van der Waals surface area contributed by atoms with Crippen LogP contribution in [0.2, 0.25) is 0 Å². The first kappa shape index (κ1) is 27.9. The highest BCUT2D eigenvalue weighted by molar-refractivity contribution is 6.06. The average molecular weight is 614 g/mol. The fraction of sp³-hybridized carbons (Fsp3) is 0. The van der Waals surface area contributed by atoms with Crippen molar-refractivity contribution in [3.05, 3.63) is 188 Å². The Bertz CT molecular complexity index is 2560. The molecule has 9 rings (SSSR count). The van der Waals surface area contributed by atoms with E-state index >= 15 is 0 Å². The van der Waals surface area contributed by atoms with Crippen LogP contribution in [-0.2, 0) is 0 Å². The quantitative estimate of drug-likeness (QED) is 0.185. The maximum absolute atomic E-state index is 6.21. The molecule has 0 N–H and O–H groups in total. The Morgan fingerprint density at radius 3 is 1.71 bits per heavy atom. The number of anilines is 3. The molecule has 0 fully saturated rings. The topological polar surface area (TPSA) is 16.4 Å². The summed E-state index contributed by atoms with van der Waals surface area (Å²) in [5, 5.41) is 4.78. The summed E-state index contributed by atoms with van der Waals surface area (Å²) in [6.45, 7) is 0. The molecule has 48 heavy (non-hydrogen) atoms. The van der Waals surface area contributed by atoms with Crippen molar-refractivity contribution < 1.29 is 4.42 Å². The van der Waals surface area contributed by atoms with Crippen molar-refractivity contribution in [1.82, 2.24) is 0 Å². The van der Waals surface area contributed by atoms with E-state index in [-0.39, 0.29) is 0 Å². The van der Waals surface area contributed by atoms with Crippen LogP contribution >= 0.6 is 0 Å². The molecule has 0 amide bonds. The molecule has 226 valence electrons.